The van der Waals surface area contributed by atoms with Crippen molar-refractivity contribution in [3.8, 4) is 0 Å². The van der Waals surface area contributed by atoms with E-state index in [1.165, 1.54) is 19.3 Å². The molecule has 3 rings (SSSR count). The van der Waals surface area contributed by atoms with Crippen molar-refractivity contribution in [2.24, 2.45) is 5.92 Å². The van der Waals surface area contributed by atoms with Crippen LogP contribution in [-0.4, -0.2) is 46.7 Å². The van der Waals surface area contributed by atoms with Crippen LogP contribution >= 0.6 is 0 Å². The minimum Gasteiger partial charge on any atom is -0.480 e. The van der Waals surface area contributed by atoms with Gasteiger partial charge in [-0.05, 0) is 57.9 Å². The Hall–Kier alpha value is -0.610. The molecule has 0 radical (unpaired) electrons. The van der Waals surface area contributed by atoms with Gasteiger partial charge in [-0.15, -0.1) is 0 Å². The molecule has 1 heterocycles. The van der Waals surface area contributed by atoms with Crippen LogP contribution in [0.5, 0.6) is 0 Å². The molecule has 4 nitrogen and oxygen atoms in total. The Morgan fingerprint density at radius 2 is 2.00 bits per heavy atom. The number of hydrogen-bond acceptors (Lipinski definition) is 3. The van der Waals surface area contributed by atoms with E-state index < -0.39 is 11.5 Å². The minimum absolute atomic E-state index is 0.347. The lowest BCUT2D eigenvalue weighted by atomic mass is 9.90. The van der Waals surface area contributed by atoms with Gasteiger partial charge < -0.3 is 5.11 Å². The van der Waals surface area contributed by atoms with Crippen LogP contribution in [0, 0.1) is 5.92 Å². The number of aliphatic carboxylic acids is 1. The molecule has 1 saturated heterocycles. The Bertz CT molecular complexity index is 352. The van der Waals surface area contributed by atoms with E-state index in [0.717, 1.165) is 32.2 Å². The van der Waals surface area contributed by atoms with Gasteiger partial charge in [0.15, 0.2) is 0 Å². The molecule has 0 aromatic rings. The van der Waals surface area contributed by atoms with E-state index in [1.54, 1.807) is 0 Å². The van der Waals surface area contributed by atoms with Gasteiger partial charge >= 0.3 is 5.97 Å². The number of hydrogen-bond donors (Lipinski definition) is 2. The van der Waals surface area contributed by atoms with Crippen molar-refractivity contribution in [2.45, 2.75) is 69.5 Å². The van der Waals surface area contributed by atoms with Gasteiger partial charge in [0.2, 0.25) is 0 Å². The Balaban J connectivity index is 1.74. The maximum absolute atomic E-state index is 12.0. The topological polar surface area (TPSA) is 52.6 Å². The van der Waals surface area contributed by atoms with E-state index in [9.17, 15) is 9.90 Å². The molecular formula is C15H26N2O2. The van der Waals surface area contributed by atoms with Crippen LogP contribution in [0.3, 0.4) is 0 Å². The SMILES string of the molecule is CC1CCCCN1CC(NC1CC1)(C(=O)O)C1CC1. The Morgan fingerprint density at radius 1 is 1.26 bits per heavy atom. The number of carbonyl (C=O) groups is 1. The maximum Gasteiger partial charge on any atom is 0.325 e. The van der Waals surface area contributed by atoms with E-state index >= 15 is 0 Å². The summed E-state index contributed by atoms with van der Waals surface area (Å²) in [5.74, 6) is -0.278. The first-order valence-corrected chi connectivity index (χ1v) is 7.87. The average Bonchev–Trinajstić information content (AvgIpc) is 3.25. The molecule has 2 atom stereocenters. The van der Waals surface area contributed by atoms with E-state index in [0.29, 0.717) is 24.5 Å². The summed E-state index contributed by atoms with van der Waals surface area (Å²) in [6, 6.07) is 0.990. The van der Waals surface area contributed by atoms with Crippen LogP contribution in [0.2, 0.25) is 0 Å². The molecule has 0 spiro atoms. The fourth-order valence-electron chi connectivity index (χ4n) is 3.48. The first-order valence-electron chi connectivity index (χ1n) is 7.87. The van der Waals surface area contributed by atoms with Crippen LogP contribution in [-0.2, 0) is 4.79 Å². The van der Waals surface area contributed by atoms with Crippen molar-refractivity contribution in [1.82, 2.24) is 10.2 Å². The predicted molar refractivity (Wildman–Crippen MR) is 74.1 cm³/mol. The molecule has 2 unspecified atom stereocenters. The average molecular weight is 266 g/mol. The quantitative estimate of drug-likeness (QED) is 0.770. The smallest absolute Gasteiger partial charge is 0.325 e. The van der Waals surface area contributed by atoms with Gasteiger partial charge in [0.25, 0.3) is 0 Å². The maximum atomic E-state index is 12.0. The van der Waals surface area contributed by atoms with Crippen LogP contribution in [0.1, 0.15) is 51.9 Å². The van der Waals surface area contributed by atoms with Crippen LogP contribution in [0.15, 0.2) is 0 Å². The molecule has 0 amide bonds. The highest BCUT2D eigenvalue weighted by molar-refractivity contribution is 5.80. The van der Waals surface area contributed by atoms with Gasteiger partial charge in [-0.25, -0.2) is 0 Å². The predicted octanol–water partition coefficient (Wildman–Crippen LogP) is 1.85. The summed E-state index contributed by atoms with van der Waals surface area (Å²) in [6.07, 6.45) is 8.17. The fourth-order valence-corrected chi connectivity index (χ4v) is 3.48. The molecular weight excluding hydrogens is 240 g/mol. The van der Waals surface area contributed by atoms with E-state index in [4.69, 9.17) is 0 Å². The minimum atomic E-state index is -0.674. The van der Waals surface area contributed by atoms with Crippen molar-refractivity contribution in [3.63, 3.8) is 0 Å². The number of nitrogens with zero attached hydrogens (tertiary/aromatic N) is 1. The van der Waals surface area contributed by atoms with Gasteiger partial charge in [0.1, 0.15) is 5.54 Å². The van der Waals surface area contributed by atoms with Gasteiger partial charge in [-0.1, -0.05) is 6.42 Å². The van der Waals surface area contributed by atoms with Crippen molar-refractivity contribution in [1.29, 1.82) is 0 Å². The third-order valence-corrected chi connectivity index (χ3v) is 5.09. The third-order valence-electron chi connectivity index (χ3n) is 5.09. The van der Waals surface area contributed by atoms with E-state index in [-0.39, 0.29) is 0 Å². The molecule has 0 bridgehead atoms. The highest BCUT2D eigenvalue weighted by Crippen LogP contribution is 2.43. The lowest BCUT2D eigenvalue weighted by Crippen LogP contribution is -2.63. The van der Waals surface area contributed by atoms with Crippen LogP contribution < -0.4 is 5.32 Å². The highest BCUT2D eigenvalue weighted by atomic mass is 16.4. The summed E-state index contributed by atoms with van der Waals surface area (Å²) in [6.45, 7) is 4.01. The first-order chi connectivity index (χ1) is 9.12. The zero-order chi connectivity index (χ0) is 13.5. The van der Waals surface area contributed by atoms with Crippen molar-refractivity contribution >= 4 is 5.97 Å². The number of carboxylic acid groups (broad SMARTS) is 1. The summed E-state index contributed by atoms with van der Waals surface area (Å²) < 4.78 is 0. The second kappa shape index (κ2) is 5.06. The van der Waals surface area contributed by atoms with Crippen LogP contribution in [0.4, 0.5) is 0 Å². The van der Waals surface area contributed by atoms with Gasteiger partial charge in [0, 0.05) is 18.6 Å². The largest absolute Gasteiger partial charge is 0.480 e. The van der Waals surface area contributed by atoms with Crippen molar-refractivity contribution in [3.05, 3.63) is 0 Å². The molecule has 1 aliphatic heterocycles. The van der Waals surface area contributed by atoms with Crippen molar-refractivity contribution in [2.75, 3.05) is 13.1 Å². The number of rotatable bonds is 6. The molecule has 2 saturated carbocycles. The van der Waals surface area contributed by atoms with Gasteiger partial charge in [0.05, 0.1) is 0 Å². The Kier molecular flexibility index (Phi) is 3.56. The summed E-state index contributed by atoms with van der Waals surface area (Å²) in [7, 11) is 0. The second-order valence-electron chi connectivity index (χ2n) is 6.78. The zero-order valence-corrected chi connectivity index (χ0v) is 11.9. The number of piperidine rings is 1. The molecule has 3 fully saturated rings. The molecule has 4 heteroatoms. The van der Waals surface area contributed by atoms with E-state index in [2.05, 4.69) is 17.1 Å². The highest BCUT2D eigenvalue weighted by Gasteiger charge is 2.54. The standard InChI is InChI=1S/C15H26N2O2/c1-11-4-2-3-9-17(11)10-15(14(18)19,12-5-6-12)16-13-7-8-13/h11-13,16H,2-10H2,1H3,(H,18,19). The monoisotopic (exact) mass is 266 g/mol. The lowest BCUT2D eigenvalue weighted by Gasteiger charge is -2.41. The summed E-state index contributed by atoms with van der Waals surface area (Å²) in [4.78, 5) is 14.4. The normalized spacial score (nSPS) is 31.9. The van der Waals surface area contributed by atoms with Gasteiger partial charge in [-0.2, -0.15) is 0 Å². The van der Waals surface area contributed by atoms with Crippen LogP contribution in [0.25, 0.3) is 0 Å². The van der Waals surface area contributed by atoms with Crippen molar-refractivity contribution < 1.29 is 9.90 Å². The molecule has 2 aliphatic carbocycles. The Labute approximate surface area is 115 Å². The number of likely N-dealkylation sites (tertiary alicyclic amines) is 1. The molecule has 19 heavy (non-hydrogen) atoms. The number of carboxylic acids is 1. The third kappa shape index (κ3) is 2.79. The van der Waals surface area contributed by atoms with Gasteiger partial charge in [-0.3, -0.25) is 15.0 Å². The molecule has 0 aromatic carbocycles. The zero-order valence-electron chi connectivity index (χ0n) is 11.9. The summed E-state index contributed by atoms with van der Waals surface area (Å²) >= 11 is 0. The number of nitrogens with one attached hydrogen (secondary N) is 1. The molecule has 2 N–H and O–H groups in total. The Morgan fingerprint density at radius 3 is 2.53 bits per heavy atom. The fraction of sp³-hybridized carbons (Fsp3) is 0.933. The summed E-state index contributed by atoms with van der Waals surface area (Å²) in [5.41, 5.74) is -0.674. The van der Waals surface area contributed by atoms with E-state index in [1.807, 2.05) is 0 Å². The lowest BCUT2D eigenvalue weighted by molar-refractivity contribution is -0.147. The molecule has 0 aromatic heterocycles. The summed E-state index contributed by atoms with van der Waals surface area (Å²) in [5, 5.41) is 13.3. The second-order valence-corrected chi connectivity index (χ2v) is 6.78. The first kappa shape index (κ1) is 13.4. The molecule has 3 aliphatic rings. The molecule has 108 valence electrons.